The number of aliphatic carboxylic acids is 1. The first-order chi connectivity index (χ1) is 25.5. The fraction of sp³-hybridized carbons (Fsp3) is 0.375. The lowest BCUT2D eigenvalue weighted by molar-refractivity contribution is -0.144. The van der Waals surface area contributed by atoms with Crippen LogP contribution < -0.4 is 10.6 Å². The number of aromatic nitrogens is 2. The number of nitrogens with zero attached hydrogens (tertiary/aromatic N) is 4. The van der Waals surface area contributed by atoms with E-state index in [2.05, 4.69) is 25.5 Å². The van der Waals surface area contributed by atoms with Gasteiger partial charge in [-0.2, -0.15) is 0 Å². The number of aliphatic hydroxyl groups excluding tert-OH is 1. The molecule has 1 aliphatic carbocycles. The lowest BCUT2D eigenvalue weighted by Crippen LogP contribution is -2.44. The average Bonchev–Trinajstić information content (AvgIpc) is 3.99. The first-order valence-electron chi connectivity index (χ1n) is 18.1. The van der Waals surface area contributed by atoms with Crippen molar-refractivity contribution in [1.29, 1.82) is 0 Å². The van der Waals surface area contributed by atoms with Crippen LogP contribution in [0.15, 0.2) is 60.9 Å². The Morgan fingerprint density at radius 2 is 1.51 bits per heavy atom. The lowest BCUT2D eigenvalue weighted by Gasteiger charge is -2.33. The number of hydrogen-bond donors (Lipinski definition) is 4. The minimum atomic E-state index is -0.802. The number of β-amino-alcohol motifs (C(OH)–C–C–N with tert-alkyl or cyclic N) is 1. The molecule has 1 saturated heterocycles. The van der Waals surface area contributed by atoms with Gasteiger partial charge in [-0.1, -0.05) is 53.9 Å². The molecule has 1 saturated carbocycles. The van der Waals surface area contributed by atoms with E-state index in [0.29, 0.717) is 54.5 Å². The van der Waals surface area contributed by atoms with Gasteiger partial charge in [0.25, 0.3) is 11.8 Å². The minimum absolute atomic E-state index is 0.251. The normalized spacial score (nSPS) is 18.2. The lowest BCUT2D eigenvalue weighted by atomic mass is 9.99. The zero-order valence-corrected chi connectivity index (χ0v) is 31.0. The number of pyridine rings is 2. The smallest absolute Gasteiger partial charge is 0.320 e. The monoisotopic (exact) mass is 756 g/mol. The maximum Gasteiger partial charge on any atom is 0.320 e. The van der Waals surface area contributed by atoms with Crippen LogP contribution in [0.5, 0.6) is 0 Å². The Morgan fingerprint density at radius 1 is 0.868 bits per heavy atom. The molecule has 11 nitrogen and oxygen atoms in total. The van der Waals surface area contributed by atoms with E-state index in [4.69, 9.17) is 23.2 Å². The molecule has 2 aromatic heterocycles. The number of amides is 2. The second-order valence-electron chi connectivity index (χ2n) is 14.3. The van der Waals surface area contributed by atoms with E-state index in [1.807, 2.05) is 17.0 Å². The van der Waals surface area contributed by atoms with E-state index < -0.39 is 29.9 Å². The molecule has 0 radical (unpaired) electrons. The van der Waals surface area contributed by atoms with Gasteiger partial charge in [0.2, 0.25) is 0 Å². The number of halogens is 2. The number of hydrogen-bond acceptors (Lipinski definition) is 8. The molecular formula is C40H42Cl2N6O5. The Hall–Kier alpha value is -4.39. The minimum Gasteiger partial charge on any atom is -0.480 e. The fourth-order valence-electron chi connectivity index (χ4n) is 7.41. The first-order valence-corrected chi connectivity index (χ1v) is 18.8. The molecule has 2 aliphatic heterocycles. The van der Waals surface area contributed by atoms with Gasteiger partial charge in [0.05, 0.1) is 27.5 Å². The second-order valence-corrected chi connectivity index (χ2v) is 15.0. The third kappa shape index (κ3) is 8.40. The summed E-state index contributed by atoms with van der Waals surface area (Å²) in [5.41, 5.74) is 6.51. The van der Waals surface area contributed by atoms with Crippen molar-refractivity contribution in [3.05, 3.63) is 105 Å². The summed E-state index contributed by atoms with van der Waals surface area (Å²) in [6.07, 6.45) is 8.29. The molecule has 2 amide bonds. The van der Waals surface area contributed by atoms with E-state index in [0.717, 1.165) is 67.4 Å². The van der Waals surface area contributed by atoms with Crippen molar-refractivity contribution in [2.75, 3.05) is 30.3 Å². The van der Waals surface area contributed by atoms with Crippen LogP contribution in [-0.2, 0) is 24.3 Å². The van der Waals surface area contributed by atoms with Gasteiger partial charge in [0, 0.05) is 49.7 Å². The predicted octanol–water partition coefficient (Wildman–Crippen LogP) is 7.01. The van der Waals surface area contributed by atoms with Gasteiger partial charge in [-0.25, -0.2) is 0 Å². The molecule has 13 heteroatoms. The number of nitrogens with one attached hydrogen (secondary N) is 2. The van der Waals surface area contributed by atoms with Gasteiger partial charge in [-0.05, 0) is 98.0 Å². The largest absolute Gasteiger partial charge is 0.480 e. The molecule has 276 valence electrons. The van der Waals surface area contributed by atoms with Crippen LogP contribution in [0.25, 0.3) is 11.1 Å². The predicted molar refractivity (Wildman–Crippen MR) is 205 cm³/mol. The summed E-state index contributed by atoms with van der Waals surface area (Å²) in [5.74, 6) is -1.29. The maximum absolute atomic E-state index is 13.6. The fourth-order valence-corrected chi connectivity index (χ4v) is 7.96. The van der Waals surface area contributed by atoms with Gasteiger partial charge in [-0.15, -0.1) is 0 Å². The van der Waals surface area contributed by atoms with Crippen molar-refractivity contribution in [2.45, 2.75) is 76.6 Å². The number of fused-ring (bicyclic) bond motifs is 1. The third-order valence-electron chi connectivity index (χ3n) is 10.3. The summed E-state index contributed by atoms with van der Waals surface area (Å²) in [4.78, 5) is 51.9. The van der Waals surface area contributed by atoms with E-state index in [1.54, 1.807) is 55.7 Å². The van der Waals surface area contributed by atoms with Crippen molar-refractivity contribution in [3.8, 4) is 11.1 Å². The molecule has 1 unspecified atom stereocenters. The summed E-state index contributed by atoms with van der Waals surface area (Å²) >= 11 is 13.8. The molecule has 4 heterocycles. The molecule has 7 rings (SSSR count). The van der Waals surface area contributed by atoms with Gasteiger partial charge in [0.15, 0.2) is 0 Å². The standard InChI is InChI=1S/C40H42Cl2N6O5/c1-23(49)20-47-15-13-25-16-33(43-18-26(25)21-47)38(50)45-31-8-4-6-28(36(31)41)29-7-5-9-32(37(29)42)46-39(51)34-17-30(24-11-12-24)27(19-44-34)22-48-14-3-2-10-35(48)40(52)53/h4-9,16-19,23-24,35,49H,2-3,10-15,20-22H2,1H3,(H,45,50)(H,46,51)(H,52,53)/t23?,35-/m0/s1. The Labute approximate surface area is 318 Å². The molecule has 2 aromatic carbocycles. The molecule has 2 fully saturated rings. The van der Waals surface area contributed by atoms with E-state index in [9.17, 15) is 24.6 Å². The number of carbonyl (C=O) groups excluding carboxylic acids is 2. The number of carbonyl (C=O) groups is 3. The number of carboxylic acid groups (broad SMARTS) is 1. The van der Waals surface area contributed by atoms with E-state index in [-0.39, 0.29) is 21.4 Å². The Balaban J connectivity index is 1.06. The van der Waals surface area contributed by atoms with Crippen LogP contribution >= 0.6 is 23.2 Å². The number of aliphatic hydroxyl groups is 1. The molecule has 53 heavy (non-hydrogen) atoms. The highest BCUT2D eigenvalue weighted by Gasteiger charge is 2.32. The number of anilines is 2. The Kier molecular flexibility index (Phi) is 11.1. The quantitative estimate of drug-likeness (QED) is 0.127. The van der Waals surface area contributed by atoms with Crippen LogP contribution in [0.4, 0.5) is 11.4 Å². The zero-order chi connectivity index (χ0) is 37.2. The molecule has 4 N–H and O–H groups in total. The number of likely N-dealkylation sites (tertiary alicyclic amines) is 1. The van der Waals surface area contributed by atoms with Crippen molar-refractivity contribution in [3.63, 3.8) is 0 Å². The summed E-state index contributed by atoms with van der Waals surface area (Å²) in [7, 11) is 0. The van der Waals surface area contributed by atoms with Gasteiger partial charge in [0.1, 0.15) is 17.4 Å². The highest BCUT2D eigenvalue weighted by Crippen LogP contribution is 2.43. The maximum atomic E-state index is 13.6. The van der Waals surface area contributed by atoms with Crippen LogP contribution in [0, 0.1) is 0 Å². The molecular weight excluding hydrogens is 715 g/mol. The number of carboxylic acids is 1. The van der Waals surface area contributed by atoms with E-state index in [1.165, 1.54) is 0 Å². The highest BCUT2D eigenvalue weighted by atomic mass is 35.5. The Bertz CT molecular complexity index is 2050. The summed E-state index contributed by atoms with van der Waals surface area (Å²) < 4.78 is 0. The molecule has 0 spiro atoms. The summed E-state index contributed by atoms with van der Waals surface area (Å²) in [6, 6.07) is 13.6. The van der Waals surface area contributed by atoms with Gasteiger partial charge >= 0.3 is 5.97 Å². The van der Waals surface area contributed by atoms with Crippen molar-refractivity contribution < 1.29 is 24.6 Å². The first kappa shape index (κ1) is 36.9. The van der Waals surface area contributed by atoms with Crippen LogP contribution in [-0.4, -0.2) is 79.5 Å². The summed E-state index contributed by atoms with van der Waals surface area (Å²) in [5, 5.41) is 25.9. The zero-order valence-electron chi connectivity index (χ0n) is 29.4. The molecule has 0 bridgehead atoms. The van der Waals surface area contributed by atoms with Crippen molar-refractivity contribution in [1.82, 2.24) is 19.8 Å². The highest BCUT2D eigenvalue weighted by molar-refractivity contribution is 6.40. The number of rotatable bonds is 11. The molecule has 2 atom stereocenters. The summed E-state index contributed by atoms with van der Waals surface area (Å²) in [6.45, 7) is 5.01. The number of piperidine rings is 1. The van der Waals surface area contributed by atoms with E-state index >= 15 is 0 Å². The third-order valence-corrected chi connectivity index (χ3v) is 11.1. The van der Waals surface area contributed by atoms with Crippen LogP contribution in [0.2, 0.25) is 10.0 Å². The van der Waals surface area contributed by atoms with Gasteiger partial charge in [-0.3, -0.25) is 34.2 Å². The Morgan fingerprint density at radius 3 is 2.13 bits per heavy atom. The average molecular weight is 758 g/mol. The molecule has 4 aromatic rings. The number of benzene rings is 2. The van der Waals surface area contributed by atoms with Crippen LogP contribution in [0.3, 0.4) is 0 Å². The molecule has 3 aliphatic rings. The van der Waals surface area contributed by atoms with Crippen molar-refractivity contribution in [2.24, 2.45) is 0 Å². The van der Waals surface area contributed by atoms with Crippen LogP contribution in [0.1, 0.15) is 88.2 Å². The SMILES string of the molecule is CC(O)CN1CCc2cc(C(=O)Nc3cccc(-c4cccc(NC(=O)c5cc(C6CC6)c(CN6CCCC[C@H]6C(=O)O)cn5)c4Cl)c3Cl)ncc2C1. The van der Waals surface area contributed by atoms with Gasteiger partial charge < -0.3 is 20.8 Å². The van der Waals surface area contributed by atoms with Crippen molar-refractivity contribution >= 4 is 52.4 Å². The second kappa shape index (κ2) is 15.9. The topological polar surface area (TPSA) is 148 Å².